The van der Waals surface area contributed by atoms with Gasteiger partial charge in [-0.2, -0.15) is 5.10 Å². The summed E-state index contributed by atoms with van der Waals surface area (Å²) in [7, 11) is 0. The van der Waals surface area contributed by atoms with Crippen molar-refractivity contribution in [1.82, 2.24) is 19.6 Å². The van der Waals surface area contributed by atoms with Gasteiger partial charge in [-0.15, -0.1) is 0 Å². The topological polar surface area (TPSA) is 41.4 Å². The molecule has 2 aliphatic heterocycles. The van der Waals surface area contributed by atoms with Crippen LogP contribution in [0.3, 0.4) is 0 Å². The number of aromatic nitrogens is 2. The molecule has 3 heterocycles. The fraction of sp³-hybridized carbons (Fsp3) is 0.765. The highest BCUT2D eigenvalue weighted by atomic mass is 35.5. The summed E-state index contributed by atoms with van der Waals surface area (Å²) < 4.78 is 1.75. The highest BCUT2D eigenvalue weighted by molar-refractivity contribution is 6.30. The average molecular weight is 339 g/mol. The highest BCUT2D eigenvalue weighted by Gasteiger charge is 2.27. The van der Waals surface area contributed by atoms with E-state index in [0.29, 0.717) is 24.0 Å². The largest absolute Gasteiger partial charge is 0.340 e. The zero-order chi connectivity index (χ0) is 16.1. The molecular weight excluding hydrogens is 312 g/mol. The molecule has 128 valence electrons. The van der Waals surface area contributed by atoms with Gasteiger partial charge in [-0.1, -0.05) is 11.6 Å². The molecule has 1 amide bonds. The summed E-state index contributed by atoms with van der Waals surface area (Å²) >= 11 is 5.87. The van der Waals surface area contributed by atoms with Gasteiger partial charge in [0.2, 0.25) is 5.91 Å². The summed E-state index contributed by atoms with van der Waals surface area (Å²) in [5.74, 6) is 0.266. The minimum Gasteiger partial charge on any atom is -0.340 e. The Balaban J connectivity index is 1.49. The van der Waals surface area contributed by atoms with Crippen LogP contribution in [0.5, 0.6) is 0 Å². The van der Waals surface area contributed by atoms with E-state index in [1.165, 1.54) is 32.4 Å². The summed E-state index contributed by atoms with van der Waals surface area (Å²) in [6.45, 7) is 5.15. The molecule has 0 N–H and O–H groups in total. The van der Waals surface area contributed by atoms with E-state index in [9.17, 15) is 4.79 Å². The quantitative estimate of drug-likeness (QED) is 0.801. The van der Waals surface area contributed by atoms with Crippen LogP contribution in [0.25, 0.3) is 0 Å². The Bertz CT molecular complexity index is 512. The molecule has 2 aliphatic rings. The fourth-order valence-electron chi connectivity index (χ4n) is 3.78. The van der Waals surface area contributed by atoms with Crippen molar-refractivity contribution >= 4 is 17.5 Å². The first-order chi connectivity index (χ1) is 11.2. The second-order valence-corrected chi connectivity index (χ2v) is 7.18. The first-order valence-corrected chi connectivity index (χ1v) is 9.30. The number of aryl methyl sites for hydroxylation is 1. The maximum Gasteiger partial charge on any atom is 0.224 e. The zero-order valence-electron chi connectivity index (χ0n) is 13.8. The number of halogens is 1. The molecule has 6 heteroatoms. The van der Waals surface area contributed by atoms with Gasteiger partial charge in [0.05, 0.1) is 11.2 Å². The number of carbonyl (C=O) groups excluding carboxylic acids is 1. The first-order valence-electron chi connectivity index (χ1n) is 8.92. The van der Waals surface area contributed by atoms with Gasteiger partial charge >= 0.3 is 0 Å². The SMILES string of the molecule is O=C(CCn1cc(Cl)cn1)N1CCCC[C@H]1CCN1CCCC1. The van der Waals surface area contributed by atoms with E-state index in [4.69, 9.17) is 11.6 Å². The molecule has 1 atom stereocenters. The highest BCUT2D eigenvalue weighted by Crippen LogP contribution is 2.22. The molecule has 23 heavy (non-hydrogen) atoms. The molecule has 0 bridgehead atoms. The minimum atomic E-state index is 0.266. The van der Waals surface area contributed by atoms with Gasteiger partial charge in [0.1, 0.15) is 0 Å². The summed E-state index contributed by atoms with van der Waals surface area (Å²) in [5, 5.41) is 4.77. The van der Waals surface area contributed by atoms with Crippen molar-refractivity contribution in [2.45, 2.75) is 57.5 Å². The Kier molecular flexibility index (Phi) is 5.95. The second kappa shape index (κ2) is 8.15. The predicted octanol–water partition coefficient (Wildman–Crippen LogP) is 2.79. The van der Waals surface area contributed by atoms with E-state index in [2.05, 4.69) is 14.9 Å². The molecule has 5 nitrogen and oxygen atoms in total. The smallest absolute Gasteiger partial charge is 0.224 e. The van der Waals surface area contributed by atoms with Crippen LogP contribution in [0.1, 0.15) is 44.9 Å². The lowest BCUT2D eigenvalue weighted by Crippen LogP contribution is -2.45. The predicted molar refractivity (Wildman–Crippen MR) is 91.5 cm³/mol. The number of amides is 1. The molecule has 1 aromatic heterocycles. The van der Waals surface area contributed by atoms with Crippen LogP contribution in [0.4, 0.5) is 0 Å². The van der Waals surface area contributed by atoms with E-state index in [-0.39, 0.29) is 5.91 Å². The molecular formula is C17H27ClN4O. The van der Waals surface area contributed by atoms with Crippen LogP contribution in [0.2, 0.25) is 5.02 Å². The molecule has 0 radical (unpaired) electrons. The second-order valence-electron chi connectivity index (χ2n) is 6.75. The number of rotatable bonds is 6. The zero-order valence-corrected chi connectivity index (χ0v) is 14.5. The van der Waals surface area contributed by atoms with E-state index in [0.717, 1.165) is 32.4 Å². The molecule has 0 aromatic carbocycles. The van der Waals surface area contributed by atoms with Crippen molar-refractivity contribution in [2.75, 3.05) is 26.2 Å². The van der Waals surface area contributed by atoms with Crippen molar-refractivity contribution in [3.05, 3.63) is 17.4 Å². The summed E-state index contributed by atoms with van der Waals surface area (Å²) in [5.41, 5.74) is 0. The van der Waals surface area contributed by atoms with Crippen molar-refractivity contribution in [1.29, 1.82) is 0 Å². The number of hydrogen-bond donors (Lipinski definition) is 0. The Hall–Kier alpha value is -1.07. The number of carbonyl (C=O) groups is 1. The molecule has 1 aromatic rings. The number of hydrogen-bond acceptors (Lipinski definition) is 3. The lowest BCUT2D eigenvalue weighted by atomic mass is 9.98. The maximum atomic E-state index is 12.6. The molecule has 0 saturated carbocycles. The van der Waals surface area contributed by atoms with Gasteiger partial charge < -0.3 is 9.80 Å². The number of piperidine rings is 1. The summed E-state index contributed by atoms with van der Waals surface area (Å²) in [6.07, 6.45) is 11.2. The van der Waals surface area contributed by atoms with E-state index < -0.39 is 0 Å². The van der Waals surface area contributed by atoms with E-state index >= 15 is 0 Å². The van der Waals surface area contributed by atoms with Crippen LogP contribution >= 0.6 is 11.6 Å². The van der Waals surface area contributed by atoms with Gasteiger partial charge in [-0.05, 0) is 51.6 Å². The number of nitrogens with zero attached hydrogens (tertiary/aromatic N) is 4. The normalized spacial score (nSPS) is 22.7. The molecule has 0 unspecified atom stereocenters. The number of likely N-dealkylation sites (tertiary alicyclic amines) is 2. The van der Waals surface area contributed by atoms with Gasteiger partial charge in [0.15, 0.2) is 0 Å². The molecule has 2 fully saturated rings. The van der Waals surface area contributed by atoms with Gasteiger partial charge in [-0.3, -0.25) is 9.48 Å². The third kappa shape index (κ3) is 4.70. The van der Waals surface area contributed by atoms with Crippen molar-refractivity contribution < 1.29 is 4.79 Å². The van der Waals surface area contributed by atoms with Gasteiger partial charge in [0.25, 0.3) is 0 Å². The Morgan fingerprint density at radius 1 is 1.17 bits per heavy atom. The van der Waals surface area contributed by atoms with Crippen molar-refractivity contribution in [2.24, 2.45) is 0 Å². The first kappa shape index (κ1) is 16.8. The minimum absolute atomic E-state index is 0.266. The molecule has 0 spiro atoms. The van der Waals surface area contributed by atoms with E-state index in [1.807, 2.05) is 0 Å². The van der Waals surface area contributed by atoms with Gasteiger partial charge in [-0.25, -0.2) is 0 Å². The van der Waals surface area contributed by atoms with Crippen LogP contribution in [-0.2, 0) is 11.3 Å². The third-order valence-corrected chi connectivity index (χ3v) is 5.28. The Labute approximate surface area is 143 Å². The summed E-state index contributed by atoms with van der Waals surface area (Å²) in [4.78, 5) is 17.3. The van der Waals surface area contributed by atoms with Crippen LogP contribution < -0.4 is 0 Å². The van der Waals surface area contributed by atoms with Crippen LogP contribution in [-0.4, -0.2) is 57.7 Å². The Morgan fingerprint density at radius 3 is 2.70 bits per heavy atom. The van der Waals surface area contributed by atoms with Gasteiger partial charge in [0, 0.05) is 38.3 Å². The standard InChI is InChI=1S/C17H27ClN4O/c18-15-13-19-21(14-15)12-7-17(23)22-10-2-1-5-16(22)6-11-20-8-3-4-9-20/h13-14,16H,1-12H2/t16-/m0/s1. The lowest BCUT2D eigenvalue weighted by Gasteiger charge is -2.36. The van der Waals surface area contributed by atoms with Crippen molar-refractivity contribution in [3.63, 3.8) is 0 Å². The fourth-order valence-corrected chi connectivity index (χ4v) is 3.94. The van der Waals surface area contributed by atoms with Crippen molar-refractivity contribution in [3.8, 4) is 0 Å². The monoisotopic (exact) mass is 338 g/mol. The van der Waals surface area contributed by atoms with E-state index in [1.54, 1.807) is 17.1 Å². The molecule has 0 aliphatic carbocycles. The molecule has 2 saturated heterocycles. The molecule has 3 rings (SSSR count). The third-order valence-electron chi connectivity index (χ3n) is 5.08. The lowest BCUT2D eigenvalue weighted by molar-refractivity contribution is -0.135. The summed E-state index contributed by atoms with van der Waals surface area (Å²) in [6, 6.07) is 0.429. The Morgan fingerprint density at radius 2 is 1.96 bits per heavy atom. The maximum absolute atomic E-state index is 12.6. The van der Waals surface area contributed by atoms with Crippen LogP contribution in [0, 0.1) is 0 Å². The van der Waals surface area contributed by atoms with Crippen LogP contribution in [0.15, 0.2) is 12.4 Å². The average Bonchev–Trinajstić information content (AvgIpc) is 3.22.